The summed E-state index contributed by atoms with van der Waals surface area (Å²) in [6.07, 6.45) is 1.65. The molecule has 0 aliphatic rings. The first kappa shape index (κ1) is 18.1. The Balaban J connectivity index is 1.60. The summed E-state index contributed by atoms with van der Waals surface area (Å²) in [4.78, 5) is 27.5. The highest BCUT2D eigenvalue weighted by Gasteiger charge is 2.06. The molecule has 1 aromatic heterocycles. The van der Waals surface area contributed by atoms with Crippen molar-refractivity contribution in [3.63, 3.8) is 0 Å². The van der Waals surface area contributed by atoms with E-state index in [1.807, 2.05) is 49.4 Å². The van der Waals surface area contributed by atoms with Crippen molar-refractivity contribution in [3.8, 4) is 0 Å². The largest absolute Gasteiger partial charge is 0.354 e. The molecule has 0 spiro atoms. The Bertz CT molecular complexity index is 933. The zero-order valence-corrected chi connectivity index (χ0v) is 15.1. The minimum absolute atomic E-state index is 0.108. The van der Waals surface area contributed by atoms with Gasteiger partial charge < -0.3 is 16.0 Å². The Kier molecular flexibility index (Phi) is 5.47. The molecule has 2 aromatic carbocycles. The summed E-state index contributed by atoms with van der Waals surface area (Å²) in [6, 6.07) is 18.3. The summed E-state index contributed by atoms with van der Waals surface area (Å²) in [6.45, 7) is 3.44. The molecule has 3 rings (SSSR count). The zero-order chi connectivity index (χ0) is 19.2. The topological polar surface area (TPSA) is 83.1 Å². The number of nitrogens with one attached hydrogen (secondary N) is 3. The standard InChI is InChI=1S/C21H20N4O2/c1-14-3-5-16(6-4-14)21(27)25-20-12-11-19(13-22-20)24-18-9-7-17(8-10-18)23-15(2)26/h3-13,24H,1-2H3,(H,23,26)(H,22,25,27). The van der Waals surface area contributed by atoms with Crippen LogP contribution >= 0.6 is 0 Å². The molecule has 0 aliphatic carbocycles. The van der Waals surface area contributed by atoms with E-state index in [9.17, 15) is 9.59 Å². The van der Waals surface area contributed by atoms with Crippen molar-refractivity contribution in [2.24, 2.45) is 0 Å². The molecule has 6 nitrogen and oxygen atoms in total. The number of aryl methyl sites for hydroxylation is 1. The SMILES string of the molecule is CC(=O)Nc1ccc(Nc2ccc(NC(=O)c3ccc(C)cc3)nc2)cc1. The number of pyridine rings is 1. The zero-order valence-electron chi connectivity index (χ0n) is 15.1. The van der Waals surface area contributed by atoms with Crippen LogP contribution in [-0.2, 0) is 4.79 Å². The van der Waals surface area contributed by atoms with Crippen LogP contribution in [0, 0.1) is 6.92 Å². The molecule has 1 heterocycles. The minimum Gasteiger partial charge on any atom is -0.354 e. The van der Waals surface area contributed by atoms with Gasteiger partial charge in [0.25, 0.3) is 5.91 Å². The molecule has 27 heavy (non-hydrogen) atoms. The summed E-state index contributed by atoms with van der Waals surface area (Å²) in [5.41, 5.74) is 4.08. The third-order valence-corrected chi connectivity index (χ3v) is 3.81. The second kappa shape index (κ2) is 8.14. The van der Waals surface area contributed by atoms with Gasteiger partial charge in [-0.3, -0.25) is 9.59 Å². The molecule has 0 radical (unpaired) electrons. The highest BCUT2D eigenvalue weighted by atomic mass is 16.2. The maximum absolute atomic E-state index is 12.2. The first-order valence-electron chi connectivity index (χ1n) is 8.48. The van der Waals surface area contributed by atoms with Crippen LogP contribution in [0.4, 0.5) is 22.9 Å². The monoisotopic (exact) mass is 360 g/mol. The van der Waals surface area contributed by atoms with E-state index in [1.165, 1.54) is 6.92 Å². The maximum atomic E-state index is 12.2. The van der Waals surface area contributed by atoms with Gasteiger partial charge in [0.2, 0.25) is 5.91 Å². The Hall–Kier alpha value is -3.67. The average molecular weight is 360 g/mol. The summed E-state index contributed by atoms with van der Waals surface area (Å²) in [7, 11) is 0. The van der Waals surface area contributed by atoms with Gasteiger partial charge in [-0.2, -0.15) is 0 Å². The van der Waals surface area contributed by atoms with Crippen LogP contribution in [0.3, 0.4) is 0 Å². The molecule has 0 saturated carbocycles. The van der Waals surface area contributed by atoms with E-state index < -0.39 is 0 Å². The van der Waals surface area contributed by atoms with E-state index >= 15 is 0 Å². The molecule has 0 aliphatic heterocycles. The maximum Gasteiger partial charge on any atom is 0.256 e. The third-order valence-electron chi connectivity index (χ3n) is 3.81. The lowest BCUT2D eigenvalue weighted by Gasteiger charge is -2.09. The normalized spacial score (nSPS) is 10.1. The van der Waals surface area contributed by atoms with Crippen LogP contribution in [0.5, 0.6) is 0 Å². The van der Waals surface area contributed by atoms with Crippen LogP contribution in [-0.4, -0.2) is 16.8 Å². The van der Waals surface area contributed by atoms with Gasteiger partial charge in [0.15, 0.2) is 0 Å². The van der Waals surface area contributed by atoms with Gasteiger partial charge in [-0.05, 0) is 55.5 Å². The fourth-order valence-electron chi connectivity index (χ4n) is 2.44. The quantitative estimate of drug-likeness (QED) is 0.632. The minimum atomic E-state index is -0.197. The van der Waals surface area contributed by atoms with E-state index in [4.69, 9.17) is 0 Å². The highest BCUT2D eigenvalue weighted by Crippen LogP contribution is 2.19. The summed E-state index contributed by atoms with van der Waals surface area (Å²) >= 11 is 0. The average Bonchev–Trinajstić information content (AvgIpc) is 2.65. The Morgan fingerprint density at radius 2 is 1.41 bits per heavy atom. The second-order valence-electron chi connectivity index (χ2n) is 6.14. The predicted octanol–water partition coefficient (Wildman–Crippen LogP) is 4.34. The summed E-state index contributed by atoms with van der Waals surface area (Å²) in [5, 5.41) is 8.71. The first-order valence-corrected chi connectivity index (χ1v) is 8.48. The Labute approximate surface area is 157 Å². The van der Waals surface area contributed by atoms with Crippen molar-refractivity contribution in [2.75, 3.05) is 16.0 Å². The lowest BCUT2D eigenvalue weighted by atomic mass is 10.1. The molecule has 3 N–H and O–H groups in total. The summed E-state index contributed by atoms with van der Waals surface area (Å²) < 4.78 is 0. The van der Waals surface area contributed by atoms with Gasteiger partial charge in [0.1, 0.15) is 5.82 Å². The number of hydrogen-bond donors (Lipinski definition) is 3. The molecule has 0 fully saturated rings. The van der Waals surface area contributed by atoms with Gasteiger partial charge in [-0.1, -0.05) is 17.7 Å². The number of aromatic nitrogens is 1. The molecule has 2 amide bonds. The van der Waals surface area contributed by atoms with E-state index in [0.29, 0.717) is 11.4 Å². The second-order valence-corrected chi connectivity index (χ2v) is 6.14. The van der Waals surface area contributed by atoms with E-state index in [0.717, 1.165) is 22.6 Å². The lowest BCUT2D eigenvalue weighted by molar-refractivity contribution is -0.114. The van der Waals surface area contributed by atoms with Crippen LogP contribution in [0.25, 0.3) is 0 Å². The van der Waals surface area contributed by atoms with E-state index in [-0.39, 0.29) is 11.8 Å². The van der Waals surface area contributed by atoms with Gasteiger partial charge in [-0.15, -0.1) is 0 Å². The van der Waals surface area contributed by atoms with Crippen molar-refractivity contribution >= 4 is 34.7 Å². The van der Waals surface area contributed by atoms with Crippen LogP contribution in [0.2, 0.25) is 0 Å². The van der Waals surface area contributed by atoms with Gasteiger partial charge in [0, 0.05) is 23.9 Å². The van der Waals surface area contributed by atoms with Crippen molar-refractivity contribution in [1.29, 1.82) is 0 Å². The molecule has 0 bridgehead atoms. The number of carbonyl (C=O) groups is 2. The van der Waals surface area contributed by atoms with Crippen molar-refractivity contribution in [2.45, 2.75) is 13.8 Å². The fourth-order valence-corrected chi connectivity index (χ4v) is 2.44. The number of nitrogens with zero attached hydrogens (tertiary/aromatic N) is 1. The van der Waals surface area contributed by atoms with Gasteiger partial charge >= 0.3 is 0 Å². The van der Waals surface area contributed by atoms with Crippen LogP contribution in [0.1, 0.15) is 22.8 Å². The number of hydrogen-bond acceptors (Lipinski definition) is 4. The molecule has 6 heteroatoms. The van der Waals surface area contributed by atoms with Crippen molar-refractivity contribution < 1.29 is 9.59 Å². The van der Waals surface area contributed by atoms with Gasteiger partial charge in [0.05, 0.1) is 11.9 Å². The van der Waals surface area contributed by atoms with Crippen molar-refractivity contribution in [3.05, 3.63) is 78.0 Å². The number of carbonyl (C=O) groups excluding carboxylic acids is 2. The van der Waals surface area contributed by atoms with E-state index in [2.05, 4.69) is 20.9 Å². The Morgan fingerprint density at radius 3 is 2.00 bits per heavy atom. The molecular formula is C21H20N4O2. The number of benzene rings is 2. The number of amides is 2. The summed E-state index contributed by atoms with van der Waals surface area (Å²) in [5.74, 6) is 0.173. The number of anilines is 4. The molecule has 3 aromatic rings. The predicted molar refractivity (Wildman–Crippen MR) is 107 cm³/mol. The highest BCUT2D eigenvalue weighted by molar-refractivity contribution is 6.03. The van der Waals surface area contributed by atoms with E-state index in [1.54, 1.807) is 24.4 Å². The molecule has 0 atom stereocenters. The molecular weight excluding hydrogens is 340 g/mol. The third kappa shape index (κ3) is 5.15. The first-order chi connectivity index (χ1) is 13.0. The smallest absolute Gasteiger partial charge is 0.256 e. The lowest BCUT2D eigenvalue weighted by Crippen LogP contribution is -2.12. The Morgan fingerprint density at radius 1 is 0.778 bits per heavy atom. The fraction of sp³-hybridized carbons (Fsp3) is 0.0952. The van der Waals surface area contributed by atoms with Crippen molar-refractivity contribution in [1.82, 2.24) is 4.98 Å². The molecule has 0 saturated heterocycles. The molecule has 136 valence electrons. The van der Waals surface area contributed by atoms with Crippen LogP contribution < -0.4 is 16.0 Å². The molecule has 0 unspecified atom stereocenters. The van der Waals surface area contributed by atoms with Gasteiger partial charge in [-0.25, -0.2) is 4.98 Å². The van der Waals surface area contributed by atoms with Crippen LogP contribution in [0.15, 0.2) is 66.9 Å². The number of rotatable bonds is 5.